The molecule has 0 unspecified atom stereocenters. The van der Waals surface area contributed by atoms with Gasteiger partial charge in [0.2, 0.25) is 5.91 Å². The van der Waals surface area contributed by atoms with Crippen LogP contribution in [0.3, 0.4) is 0 Å². The molecule has 1 amide bonds. The molecule has 0 atom stereocenters. The highest BCUT2D eigenvalue weighted by Gasteiger charge is 2.53. The minimum absolute atomic E-state index is 0.228. The van der Waals surface area contributed by atoms with Crippen LogP contribution < -0.4 is 0 Å². The van der Waals surface area contributed by atoms with E-state index in [9.17, 15) is 4.79 Å². The molecule has 0 radical (unpaired) electrons. The number of halogens is 1. The van der Waals surface area contributed by atoms with Gasteiger partial charge in [0.1, 0.15) is 0 Å². The van der Waals surface area contributed by atoms with Crippen molar-refractivity contribution in [3.05, 3.63) is 35.9 Å². The van der Waals surface area contributed by atoms with E-state index in [1.54, 1.807) is 0 Å². The van der Waals surface area contributed by atoms with Gasteiger partial charge in [0, 0.05) is 17.9 Å². The molecule has 2 rings (SSSR count). The van der Waals surface area contributed by atoms with Gasteiger partial charge in [0.25, 0.3) is 0 Å². The van der Waals surface area contributed by atoms with Crippen LogP contribution in [0, 0.1) is 0 Å². The van der Waals surface area contributed by atoms with Gasteiger partial charge in [-0.1, -0.05) is 46.3 Å². The predicted molar refractivity (Wildman–Crippen MR) is 78.0 cm³/mol. The second-order valence-corrected chi connectivity index (χ2v) is 6.02. The molecule has 1 aromatic rings. The third-order valence-corrected chi connectivity index (χ3v) is 4.05. The summed E-state index contributed by atoms with van der Waals surface area (Å²) in [6.45, 7) is 4.95. The molecular formula is C15H20BrNO. The van der Waals surface area contributed by atoms with Crippen molar-refractivity contribution in [1.82, 2.24) is 4.90 Å². The number of rotatable bonds is 5. The highest BCUT2D eigenvalue weighted by molar-refractivity contribution is 9.09. The molecule has 18 heavy (non-hydrogen) atoms. The fourth-order valence-electron chi connectivity index (χ4n) is 2.47. The summed E-state index contributed by atoms with van der Waals surface area (Å²) in [7, 11) is 0. The van der Waals surface area contributed by atoms with Gasteiger partial charge in [-0.05, 0) is 32.3 Å². The van der Waals surface area contributed by atoms with Crippen LogP contribution in [0.2, 0.25) is 0 Å². The van der Waals surface area contributed by atoms with Crippen LogP contribution >= 0.6 is 15.9 Å². The smallest absolute Gasteiger partial charge is 0.233 e. The summed E-state index contributed by atoms with van der Waals surface area (Å²) in [4.78, 5) is 14.8. The molecule has 2 nitrogen and oxygen atoms in total. The number of carbonyl (C=O) groups is 1. The van der Waals surface area contributed by atoms with E-state index in [0.29, 0.717) is 5.91 Å². The first kappa shape index (κ1) is 13.6. The standard InChI is InChI=1S/C15H20BrNO/c1-12(2)17(11-10-16)14(18)15(8-9-15)13-6-4-3-5-7-13/h3-7,12H,8-11H2,1-2H3. The predicted octanol–water partition coefficient (Wildman–Crippen LogP) is 3.35. The van der Waals surface area contributed by atoms with Gasteiger partial charge in [0.15, 0.2) is 0 Å². The summed E-state index contributed by atoms with van der Waals surface area (Å²) >= 11 is 3.44. The van der Waals surface area contributed by atoms with Crippen molar-refractivity contribution in [2.75, 3.05) is 11.9 Å². The summed E-state index contributed by atoms with van der Waals surface area (Å²) in [6, 6.07) is 10.5. The van der Waals surface area contributed by atoms with Gasteiger partial charge in [-0.25, -0.2) is 0 Å². The Labute approximate surface area is 117 Å². The summed E-state index contributed by atoms with van der Waals surface area (Å²) in [5.41, 5.74) is 0.948. The maximum Gasteiger partial charge on any atom is 0.233 e. The summed E-state index contributed by atoms with van der Waals surface area (Å²) in [6.07, 6.45) is 1.97. The van der Waals surface area contributed by atoms with E-state index in [1.165, 1.54) is 5.56 Å². The summed E-state index contributed by atoms with van der Waals surface area (Å²) < 4.78 is 0. The van der Waals surface area contributed by atoms with Gasteiger partial charge in [-0.2, -0.15) is 0 Å². The number of amides is 1. The van der Waals surface area contributed by atoms with Crippen LogP contribution in [0.5, 0.6) is 0 Å². The Kier molecular flexibility index (Phi) is 4.10. The molecule has 0 spiro atoms. The van der Waals surface area contributed by atoms with E-state index >= 15 is 0 Å². The van der Waals surface area contributed by atoms with Crippen LogP contribution in [0.4, 0.5) is 0 Å². The fourth-order valence-corrected chi connectivity index (χ4v) is 2.85. The molecule has 1 fully saturated rings. The van der Waals surface area contributed by atoms with Gasteiger partial charge in [0.05, 0.1) is 5.41 Å². The zero-order valence-electron chi connectivity index (χ0n) is 11.0. The Morgan fingerprint density at radius 2 is 1.94 bits per heavy atom. The van der Waals surface area contributed by atoms with E-state index in [2.05, 4.69) is 41.9 Å². The van der Waals surface area contributed by atoms with Crippen molar-refractivity contribution in [2.24, 2.45) is 0 Å². The summed E-state index contributed by atoms with van der Waals surface area (Å²) in [5, 5.41) is 0.835. The molecule has 3 heteroatoms. The Morgan fingerprint density at radius 1 is 1.33 bits per heavy atom. The fraction of sp³-hybridized carbons (Fsp3) is 0.533. The number of nitrogens with zero attached hydrogens (tertiary/aromatic N) is 1. The number of hydrogen-bond donors (Lipinski definition) is 0. The van der Waals surface area contributed by atoms with Crippen molar-refractivity contribution >= 4 is 21.8 Å². The largest absolute Gasteiger partial charge is 0.339 e. The van der Waals surface area contributed by atoms with Gasteiger partial charge < -0.3 is 4.90 Å². The zero-order chi connectivity index (χ0) is 13.2. The van der Waals surface area contributed by atoms with Gasteiger partial charge in [-0.15, -0.1) is 0 Å². The van der Waals surface area contributed by atoms with Crippen LogP contribution in [0.25, 0.3) is 0 Å². The molecule has 98 valence electrons. The van der Waals surface area contributed by atoms with Crippen LogP contribution in [0.15, 0.2) is 30.3 Å². The van der Waals surface area contributed by atoms with E-state index < -0.39 is 0 Å². The molecule has 0 aromatic heterocycles. The molecule has 0 heterocycles. The average molecular weight is 310 g/mol. The second-order valence-electron chi connectivity index (χ2n) is 5.23. The Bertz CT molecular complexity index is 412. The third kappa shape index (κ3) is 2.46. The molecule has 0 saturated heterocycles. The number of alkyl halides is 1. The zero-order valence-corrected chi connectivity index (χ0v) is 12.6. The van der Waals surface area contributed by atoms with Crippen molar-refractivity contribution < 1.29 is 4.79 Å². The van der Waals surface area contributed by atoms with Gasteiger partial charge in [-0.3, -0.25) is 4.79 Å². The molecule has 0 aliphatic heterocycles. The minimum Gasteiger partial charge on any atom is -0.339 e. The molecule has 0 N–H and O–H groups in total. The molecular weight excluding hydrogens is 290 g/mol. The maximum atomic E-state index is 12.8. The SMILES string of the molecule is CC(C)N(CCBr)C(=O)C1(c2ccccc2)CC1. The quantitative estimate of drug-likeness (QED) is 0.764. The minimum atomic E-state index is -0.228. The number of carbonyl (C=O) groups excluding carboxylic acids is 1. The van der Waals surface area contributed by atoms with Gasteiger partial charge >= 0.3 is 0 Å². The van der Waals surface area contributed by atoms with E-state index in [-0.39, 0.29) is 11.5 Å². The lowest BCUT2D eigenvalue weighted by atomic mass is 9.94. The van der Waals surface area contributed by atoms with Crippen molar-refractivity contribution in [1.29, 1.82) is 0 Å². The molecule has 1 aliphatic rings. The Morgan fingerprint density at radius 3 is 2.39 bits per heavy atom. The van der Waals surface area contributed by atoms with Crippen LogP contribution in [0.1, 0.15) is 32.3 Å². The average Bonchev–Trinajstić information content (AvgIpc) is 3.17. The molecule has 1 aliphatic carbocycles. The molecule has 1 aromatic carbocycles. The highest BCUT2D eigenvalue weighted by Crippen LogP contribution is 2.49. The van der Waals surface area contributed by atoms with E-state index in [0.717, 1.165) is 24.7 Å². The highest BCUT2D eigenvalue weighted by atomic mass is 79.9. The van der Waals surface area contributed by atoms with Crippen molar-refractivity contribution in [3.63, 3.8) is 0 Å². The monoisotopic (exact) mass is 309 g/mol. The Balaban J connectivity index is 2.22. The first-order valence-electron chi connectivity index (χ1n) is 6.54. The first-order valence-corrected chi connectivity index (χ1v) is 7.66. The topological polar surface area (TPSA) is 20.3 Å². The normalized spacial score (nSPS) is 16.7. The van der Waals surface area contributed by atoms with E-state index in [4.69, 9.17) is 0 Å². The lowest BCUT2D eigenvalue weighted by molar-refractivity contribution is -0.135. The maximum absolute atomic E-state index is 12.8. The second kappa shape index (κ2) is 5.43. The molecule has 0 bridgehead atoms. The van der Waals surface area contributed by atoms with Crippen molar-refractivity contribution in [3.8, 4) is 0 Å². The number of hydrogen-bond acceptors (Lipinski definition) is 1. The van der Waals surface area contributed by atoms with E-state index in [1.807, 2.05) is 23.1 Å². The lowest BCUT2D eigenvalue weighted by Gasteiger charge is -2.30. The van der Waals surface area contributed by atoms with Crippen molar-refractivity contribution in [2.45, 2.75) is 38.1 Å². The van der Waals surface area contributed by atoms with Crippen LogP contribution in [-0.2, 0) is 10.2 Å². The summed E-state index contributed by atoms with van der Waals surface area (Å²) in [5.74, 6) is 0.295. The third-order valence-electron chi connectivity index (χ3n) is 3.70. The van der Waals surface area contributed by atoms with Crippen LogP contribution in [-0.4, -0.2) is 28.7 Å². The number of benzene rings is 1. The molecule has 1 saturated carbocycles. The Hall–Kier alpha value is -0.830. The lowest BCUT2D eigenvalue weighted by Crippen LogP contribution is -2.44. The first-order chi connectivity index (χ1) is 8.62.